The number of carbonyl (C=O) groups is 1. The van der Waals surface area contributed by atoms with Crippen LogP contribution in [-0.2, 0) is 22.6 Å². The van der Waals surface area contributed by atoms with E-state index in [4.69, 9.17) is 9.57 Å². The van der Waals surface area contributed by atoms with Crippen LogP contribution in [0.15, 0.2) is 36.4 Å². The highest BCUT2D eigenvalue weighted by molar-refractivity contribution is 5.83. The van der Waals surface area contributed by atoms with Gasteiger partial charge in [0.15, 0.2) is 0 Å². The number of nitrogens with zero attached hydrogens (tertiary/aromatic N) is 3. The third-order valence-electron chi connectivity index (χ3n) is 13.1. The molecule has 53 heavy (non-hydrogen) atoms. The molecule has 4 aliphatic rings. The maximum Gasteiger partial charge on any atom is 0.240 e. The molecule has 8 nitrogen and oxygen atoms in total. The number of methoxy groups -OCH3 is 1. The van der Waals surface area contributed by atoms with Gasteiger partial charge in [-0.05, 0) is 110 Å². The molecule has 0 spiro atoms. The Kier molecular flexibility index (Phi) is 13.0. The quantitative estimate of drug-likeness (QED) is 0.193. The van der Waals surface area contributed by atoms with Crippen LogP contribution < -0.4 is 15.0 Å². The first-order valence-corrected chi connectivity index (χ1v) is 20.3. The molecule has 3 saturated carbocycles. The largest absolute Gasteiger partial charge is 0.496 e. The van der Waals surface area contributed by atoms with Gasteiger partial charge in [0.25, 0.3) is 0 Å². The summed E-state index contributed by atoms with van der Waals surface area (Å²) in [5.74, 6) is 3.11. The molecule has 2 N–H and O–H groups in total. The summed E-state index contributed by atoms with van der Waals surface area (Å²) in [6.07, 6.45) is 5.15. The van der Waals surface area contributed by atoms with Crippen LogP contribution in [0.3, 0.4) is 0 Å². The second-order valence-corrected chi connectivity index (χ2v) is 19.5. The second kappa shape index (κ2) is 16.6. The van der Waals surface area contributed by atoms with Gasteiger partial charge in [-0.3, -0.25) is 9.63 Å². The third-order valence-corrected chi connectivity index (χ3v) is 13.1. The number of nitrogens with one attached hydrogen (secondary N) is 1. The van der Waals surface area contributed by atoms with E-state index in [1.165, 1.54) is 18.4 Å². The lowest BCUT2D eigenvalue weighted by Gasteiger charge is -2.62. The first-order chi connectivity index (χ1) is 24.8. The van der Waals surface area contributed by atoms with Crippen molar-refractivity contribution in [3.63, 3.8) is 0 Å². The van der Waals surface area contributed by atoms with Crippen molar-refractivity contribution in [2.75, 3.05) is 53.4 Å². The molecule has 8 heteroatoms. The molecule has 0 unspecified atom stereocenters. The number of aryl methyl sites for hydroxylation is 1. The summed E-state index contributed by atoms with van der Waals surface area (Å²) in [6.45, 7) is 19.7. The minimum atomic E-state index is -0.522. The summed E-state index contributed by atoms with van der Waals surface area (Å²) in [5.41, 5.74) is 6.19. The lowest BCUT2D eigenvalue weighted by Crippen LogP contribution is -2.62. The van der Waals surface area contributed by atoms with Crippen LogP contribution in [0.25, 0.3) is 11.1 Å². The minimum absolute atomic E-state index is 0.00749. The number of carbonyl (C=O) groups excluding carboxylic acids is 1. The molecule has 1 heterocycles. The number of anilines is 1. The number of rotatable bonds is 15. The van der Waals surface area contributed by atoms with Crippen molar-refractivity contribution < 1.29 is 19.5 Å². The average molecular weight is 733 g/mol. The number of hydrogen-bond donors (Lipinski definition) is 2. The molecule has 3 aliphatic carbocycles. The molecule has 2 aromatic carbocycles. The van der Waals surface area contributed by atoms with E-state index in [0.717, 1.165) is 53.9 Å². The Morgan fingerprint density at radius 3 is 2.40 bits per heavy atom. The van der Waals surface area contributed by atoms with E-state index in [2.05, 4.69) is 135 Å². The van der Waals surface area contributed by atoms with Gasteiger partial charge >= 0.3 is 0 Å². The van der Waals surface area contributed by atoms with Crippen molar-refractivity contribution >= 4 is 11.6 Å². The highest BCUT2D eigenvalue weighted by Gasteiger charge is 2.57. The van der Waals surface area contributed by atoms with Gasteiger partial charge in [0.1, 0.15) is 17.9 Å². The molecule has 2 bridgehead atoms. The fourth-order valence-electron chi connectivity index (χ4n) is 10.3. The SMILES string of the molecule is COc1c(CN2O[C@@H](CO)[C@H](C(C)C)[C@H]2C(=O)N[C@H]2C[C@@H]3C[C@H]([C@@H]2C)C3(C)C)cccc1-c1cc(CC[C@H](CN(C)C)CC(C)(C)C)cc(N(C)C)c1. The molecular weight excluding hydrogens is 661 g/mol. The molecule has 4 fully saturated rings. The minimum Gasteiger partial charge on any atom is -0.496 e. The zero-order valence-corrected chi connectivity index (χ0v) is 35.3. The van der Waals surface area contributed by atoms with Crippen LogP contribution >= 0.6 is 0 Å². The molecule has 0 radical (unpaired) electrons. The molecule has 2 aromatic rings. The fraction of sp³-hybridized carbons (Fsp3) is 0.711. The number of para-hydroxylation sites is 1. The number of benzene rings is 2. The van der Waals surface area contributed by atoms with E-state index in [1.807, 2.05) is 5.06 Å². The number of amides is 1. The van der Waals surface area contributed by atoms with Crippen molar-refractivity contribution in [1.82, 2.24) is 15.3 Å². The van der Waals surface area contributed by atoms with E-state index in [0.29, 0.717) is 35.6 Å². The molecule has 0 aromatic heterocycles. The molecule has 1 saturated heterocycles. The van der Waals surface area contributed by atoms with Crippen LogP contribution in [0.2, 0.25) is 0 Å². The van der Waals surface area contributed by atoms with Crippen LogP contribution in [0.1, 0.15) is 92.2 Å². The van der Waals surface area contributed by atoms with Gasteiger partial charge < -0.3 is 25.0 Å². The topological polar surface area (TPSA) is 77.5 Å². The molecule has 1 amide bonds. The Balaban J connectivity index is 1.43. The average Bonchev–Trinajstić information content (AvgIpc) is 3.45. The van der Waals surface area contributed by atoms with Crippen LogP contribution in [0.5, 0.6) is 5.75 Å². The van der Waals surface area contributed by atoms with Gasteiger partial charge in [0.2, 0.25) is 5.91 Å². The van der Waals surface area contributed by atoms with Gasteiger partial charge in [0.05, 0.1) is 20.3 Å². The number of ether oxygens (including phenoxy) is 1. The molecule has 1 aliphatic heterocycles. The zero-order valence-electron chi connectivity index (χ0n) is 35.3. The Labute approximate surface area is 321 Å². The Hall–Kier alpha value is -2.65. The number of hydroxylamine groups is 2. The predicted molar refractivity (Wildman–Crippen MR) is 218 cm³/mol. The molecule has 296 valence electrons. The molecule has 8 atom stereocenters. The van der Waals surface area contributed by atoms with Gasteiger partial charge in [-0.1, -0.05) is 79.7 Å². The van der Waals surface area contributed by atoms with Crippen molar-refractivity contribution in [3.05, 3.63) is 47.5 Å². The summed E-state index contributed by atoms with van der Waals surface area (Å²) >= 11 is 0. The monoisotopic (exact) mass is 733 g/mol. The van der Waals surface area contributed by atoms with Crippen LogP contribution in [-0.4, -0.2) is 87.6 Å². The maximum atomic E-state index is 14.4. The third kappa shape index (κ3) is 9.25. The van der Waals surface area contributed by atoms with E-state index in [9.17, 15) is 9.90 Å². The first-order valence-electron chi connectivity index (χ1n) is 20.3. The van der Waals surface area contributed by atoms with E-state index in [1.54, 1.807) is 7.11 Å². The highest BCUT2D eigenvalue weighted by atomic mass is 16.7. The summed E-state index contributed by atoms with van der Waals surface area (Å²) < 4.78 is 6.22. The van der Waals surface area contributed by atoms with Gasteiger partial charge in [-0.25, -0.2) is 0 Å². The molecule has 6 rings (SSSR count). The number of aliphatic hydroxyl groups is 1. The first kappa shape index (κ1) is 41.5. The highest BCUT2D eigenvalue weighted by Crippen LogP contribution is 2.61. The van der Waals surface area contributed by atoms with Gasteiger partial charge in [-0.2, -0.15) is 5.06 Å². The normalized spacial score (nSPS) is 27.5. The lowest BCUT2D eigenvalue weighted by molar-refractivity contribution is -0.183. The maximum absolute atomic E-state index is 14.4. The number of hydrogen-bond acceptors (Lipinski definition) is 7. The van der Waals surface area contributed by atoms with Gasteiger partial charge in [-0.15, -0.1) is 0 Å². The van der Waals surface area contributed by atoms with E-state index < -0.39 is 12.1 Å². The zero-order chi connectivity index (χ0) is 39.0. The van der Waals surface area contributed by atoms with Crippen LogP contribution in [0, 0.1) is 46.3 Å². The summed E-state index contributed by atoms with van der Waals surface area (Å²) in [5, 5.41) is 15.8. The van der Waals surface area contributed by atoms with Crippen molar-refractivity contribution in [2.24, 2.45) is 46.3 Å². The fourth-order valence-corrected chi connectivity index (χ4v) is 10.3. The van der Waals surface area contributed by atoms with E-state index >= 15 is 0 Å². The summed E-state index contributed by atoms with van der Waals surface area (Å²) in [7, 11) is 10.3. The Morgan fingerprint density at radius 1 is 1.11 bits per heavy atom. The lowest BCUT2D eigenvalue weighted by atomic mass is 9.45. The standard InChI is InChI=1S/C45H72N4O4/c1-28(2)40-39(27-50)53-49(41(40)43(51)46-38-23-34-22-37(29(38)3)45(34,7)8)26-32-15-14-16-36(42(32)52-13)33-19-30(20-35(21-33)48(11)12)17-18-31(25-47(9)10)24-44(4,5)6/h14-16,19-21,28-29,31,34,37-41,50H,17-18,22-27H2,1-13H3,(H,46,51)/t29-,31-,34-,37+,38-,39-,40-,41-/m0/s1. The molecular formula is C45H72N4O4. The number of aliphatic hydroxyl groups excluding tert-OH is 1. The summed E-state index contributed by atoms with van der Waals surface area (Å²) in [6, 6.07) is 12.8. The van der Waals surface area contributed by atoms with Crippen molar-refractivity contribution in [3.8, 4) is 16.9 Å². The van der Waals surface area contributed by atoms with Gasteiger partial charge in [0, 0.05) is 49.4 Å². The Bertz CT molecular complexity index is 1550. The summed E-state index contributed by atoms with van der Waals surface area (Å²) in [4.78, 5) is 25.4. The van der Waals surface area contributed by atoms with Crippen molar-refractivity contribution in [1.29, 1.82) is 0 Å². The van der Waals surface area contributed by atoms with E-state index in [-0.39, 0.29) is 35.8 Å². The van der Waals surface area contributed by atoms with Crippen molar-refractivity contribution in [2.45, 2.75) is 112 Å². The second-order valence-electron chi connectivity index (χ2n) is 19.5. The Morgan fingerprint density at radius 2 is 1.83 bits per heavy atom. The predicted octanol–water partition coefficient (Wildman–Crippen LogP) is 7.91. The van der Waals surface area contributed by atoms with Crippen LogP contribution in [0.4, 0.5) is 5.69 Å². The number of fused-ring (bicyclic) bond motifs is 2. The smallest absolute Gasteiger partial charge is 0.240 e.